The van der Waals surface area contributed by atoms with Crippen molar-refractivity contribution >= 4 is 15.9 Å². The summed E-state index contributed by atoms with van der Waals surface area (Å²) in [6.07, 6.45) is 1.05. The van der Waals surface area contributed by atoms with Crippen LogP contribution in [0.5, 0.6) is 0 Å². The van der Waals surface area contributed by atoms with E-state index < -0.39 is 0 Å². The molecule has 1 nitrogen and oxygen atoms in total. The van der Waals surface area contributed by atoms with Gasteiger partial charge in [0.15, 0.2) is 0 Å². The van der Waals surface area contributed by atoms with Crippen molar-refractivity contribution in [2.45, 2.75) is 26.2 Å². The molecule has 0 aliphatic carbocycles. The second-order valence-electron chi connectivity index (χ2n) is 3.54. The fourth-order valence-electron chi connectivity index (χ4n) is 1.47. The summed E-state index contributed by atoms with van der Waals surface area (Å²) in [7, 11) is 0. The van der Waals surface area contributed by atoms with Crippen molar-refractivity contribution in [3.63, 3.8) is 0 Å². The molecule has 0 aromatic heterocycles. The average Bonchev–Trinajstić information content (AvgIpc) is 2.03. The fraction of sp³-hybridized carbons (Fsp3) is 0.455. The zero-order chi connectivity index (χ0) is 9.84. The summed E-state index contributed by atoms with van der Waals surface area (Å²) in [6, 6.07) is 6.52. The highest BCUT2D eigenvalue weighted by atomic mass is 79.9. The highest BCUT2D eigenvalue weighted by molar-refractivity contribution is 9.10. The molecular formula is C11H16BrN. The van der Waals surface area contributed by atoms with Crippen LogP contribution in [0.4, 0.5) is 0 Å². The number of rotatable bonds is 3. The van der Waals surface area contributed by atoms with Crippen LogP contribution in [0.2, 0.25) is 0 Å². The third-order valence-corrected chi connectivity index (χ3v) is 2.69. The van der Waals surface area contributed by atoms with Crippen LogP contribution in [-0.4, -0.2) is 6.54 Å². The number of benzene rings is 1. The normalized spacial score (nSPS) is 12.9. The Morgan fingerprint density at radius 1 is 1.38 bits per heavy atom. The lowest BCUT2D eigenvalue weighted by Gasteiger charge is -2.11. The topological polar surface area (TPSA) is 26.0 Å². The first-order valence-electron chi connectivity index (χ1n) is 4.60. The third kappa shape index (κ3) is 3.12. The van der Waals surface area contributed by atoms with Gasteiger partial charge in [-0.3, -0.25) is 0 Å². The molecule has 0 saturated heterocycles. The first-order chi connectivity index (χ1) is 6.13. The molecule has 0 spiro atoms. The number of halogens is 1. The summed E-state index contributed by atoms with van der Waals surface area (Å²) in [5.41, 5.74) is 8.20. The lowest BCUT2D eigenvalue weighted by Crippen LogP contribution is -2.04. The van der Waals surface area contributed by atoms with Crippen LogP contribution in [0.1, 0.15) is 30.4 Å². The summed E-state index contributed by atoms with van der Waals surface area (Å²) < 4.78 is 1.16. The highest BCUT2D eigenvalue weighted by Crippen LogP contribution is 2.23. The monoisotopic (exact) mass is 241 g/mol. The van der Waals surface area contributed by atoms with E-state index in [0.717, 1.165) is 17.4 Å². The molecular weight excluding hydrogens is 226 g/mol. The van der Waals surface area contributed by atoms with Gasteiger partial charge in [0.2, 0.25) is 0 Å². The van der Waals surface area contributed by atoms with Gasteiger partial charge < -0.3 is 5.73 Å². The first-order valence-corrected chi connectivity index (χ1v) is 5.40. The standard InChI is InChI=1S/C11H16BrN/c1-8-5-10(7-11(12)6-8)9(2)3-4-13/h5-7,9H,3-4,13H2,1-2H3. The van der Waals surface area contributed by atoms with Crippen molar-refractivity contribution in [2.24, 2.45) is 5.73 Å². The van der Waals surface area contributed by atoms with E-state index in [1.807, 2.05) is 0 Å². The Morgan fingerprint density at radius 3 is 2.62 bits per heavy atom. The SMILES string of the molecule is Cc1cc(Br)cc(C(C)CCN)c1. The molecule has 1 rings (SSSR count). The molecule has 0 aliphatic heterocycles. The maximum absolute atomic E-state index is 5.53. The van der Waals surface area contributed by atoms with Gasteiger partial charge in [0, 0.05) is 4.47 Å². The van der Waals surface area contributed by atoms with Gasteiger partial charge in [-0.1, -0.05) is 28.9 Å². The number of hydrogen-bond donors (Lipinski definition) is 1. The molecule has 1 aromatic carbocycles. The number of hydrogen-bond acceptors (Lipinski definition) is 1. The maximum Gasteiger partial charge on any atom is 0.0180 e. The molecule has 0 radical (unpaired) electrons. The zero-order valence-corrected chi connectivity index (χ0v) is 9.76. The molecule has 0 amide bonds. The lowest BCUT2D eigenvalue weighted by molar-refractivity contribution is 0.689. The molecule has 1 atom stereocenters. The molecule has 2 N–H and O–H groups in total. The summed E-state index contributed by atoms with van der Waals surface area (Å²) in [6.45, 7) is 5.09. The van der Waals surface area contributed by atoms with E-state index >= 15 is 0 Å². The number of nitrogens with two attached hydrogens (primary N) is 1. The van der Waals surface area contributed by atoms with Crippen LogP contribution >= 0.6 is 15.9 Å². The van der Waals surface area contributed by atoms with Gasteiger partial charge >= 0.3 is 0 Å². The zero-order valence-electron chi connectivity index (χ0n) is 8.18. The molecule has 13 heavy (non-hydrogen) atoms. The smallest absolute Gasteiger partial charge is 0.0180 e. The van der Waals surface area contributed by atoms with Crippen LogP contribution in [-0.2, 0) is 0 Å². The van der Waals surface area contributed by atoms with Crippen LogP contribution in [0.15, 0.2) is 22.7 Å². The molecule has 0 saturated carbocycles. The molecule has 1 unspecified atom stereocenters. The van der Waals surface area contributed by atoms with Gasteiger partial charge in [-0.05, 0) is 49.1 Å². The largest absolute Gasteiger partial charge is 0.330 e. The predicted octanol–water partition coefficient (Wildman–Crippen LogP) is 3.21. The lowest BCUT2D eigenvalue weighted by atomic mass is 9.96. The van der Waals surface area contributed by atoms with Crippen molar-refractivity contribution in [3.05, 3.63) is 33.8 Å². The van der Waals surface area contributed by atoms with Crippen LogP contribution in [0.3, 0.4) is 0 Å². The fourth-order valence-corrected chi connectivity index (χ4v) is 2.09. The van der Waals surface area contributed by atoms with E-state index in [1.165, 1.54) is 11.1 Å². The van der Waals surface area contributed by atoms with Crippen molar-refractivity contribution in [1.29, 1.82) is 0 Å². The molecule has 1 aromatic rings. The third-order valence-electron chi connectivity index (χ3n) is 2.23. The summed E-state index contributed by atoms with van der Waals surface area (Å²) in [4.78, 5) is 0. The second kappa shape index (κ2) is 4.77. The van der Waals surface area contributed by atoms with Gasteiger partial charge in [0.25, 0.3) is 0 Å². The maximum atomic E-state index is 5.53. The minimum absolute atomic E-state index is 0.557. The number of aryl methyl sites for hydroxylation is 1. The first kappa shape index (κ1) is 10.7. The van der Waals surface area contributed by atoms with Crippen LogP contribution in [0.25, 0.3) is 0 Å². The summed E-state index contributed by atoms with van der Waals surface area (Å²) in [5.74, 6) is 0.557. The van der Waals surface area contributed by atoms with Crippen molar-refractivity contribution in [3.8, 4) is 0 Å². The van der Waals surface area contributed by atoms with Gasteiger partial charge in [-0.2, -0.15) is 0 Å². The molecule has 0 fully saturated rings. The van der Waals surface area contributed by atoms with Gasteiger partial charge in [-0.15, -0.1) is 0 Å². The molecule has 0 heterocycles. The molecule has 72 valence electrons. The van der Waals surface area contributed by atoms with E-state index in [0.29, 0.717) is 5.92 Å². The molecule has 0 bridgehead atoms. The Bertz CT molecular complexity index is 263. The summed E-state index contributed by atoms with van der Waals surface area (Å²) >= 11 is 3.50. The van der Waals surface area contributed by atoms with Gasteiger partial charge in [-0.25, -0.2) is 0 Å². The Labute approximate surface area is 88.5 Å². The van der Waals surface area contributed by atoms with Gasteiger partial charge in [0.05, 0.1) is 0 Å². The Hall–Kier alpha value is -0.340. The van der Waals surface area contributed by atoms with E-state index in [1.54, 1.807) is 0 Å². The van der Waals surface area contributed by atoms with Crippen LogP contribution in [0, 0.1) is 6.92 Å². The quantitative estimate of drug-likeness (QED) is 0.865. The summed E-state index contributed by atoms with van der Waals surface area (Å²) in [5, 5.41) is 0. The minimum atomic E-state index is 0.557. The second-order valence-corrected chi connectivity index (χ2v) is 4.46. The molecule has 0 aliphatic rings. The van der Waals surface area contributed by atoms with Crippen molar-refractivity contribution in [1.82, 2.24) is 0 Å². The van der Waals surface area contributed by atoms with E-state index in [9.17, 15) is 0 Å². The highest BCUT2D eigenvalue weighted by Gasteiger charge is 2.05. The average molecular weight is 242 g/mol. The van der Waals surface area contributed by atoms with Crippen molar-refractivity contribution in [2.75, 3.05) is 6.54 Å². The Morgan fingerprint density at radius 2 is 2.08 bits per heavy atom. The van der Waals surface area contributed by atoms with Crippen molar-refractivity contribution < 1.29 is 0 Å². The van der Waals surface area contributed by atoms with Crippen LogP contribution < -0.4 is 5.73 Å². The molecule has 2 heteroatoms. The van der Waals surface area contributed by atoms with Gasteiger partial charge in [0.1, 0.15) is 0 Å². The Balaban J connectivity index is 2.87. The van der Waals surface area contributed by atoms with E-state index in [2.05, 4.69) is 48.0 Å². The van der Waals surface area contributed by atoms with E-state index in [4.69, 9.17) is 5.73 Å². The minimum Gasteiger partial charge on any atom is -0.330 e. The Kier molecular flexibility index (Phi) is 3.94. The predicted molar refractivity (Wildman–Crippen MR) is 61.0 cm³/mol. The van der Waals surface area contributed by atoms with E-state index in [-0.39, 0.29) is 0 Å².